The van der Waals surface area contributed by atoms with E-state index in [0.717, 1.165) is 24.2 Å². The van der Waals surface area contributed by atoms with Crippen LogP contribution in [0.4, 0.5) is 11.5 Å². The van der Waals surface area contributed by atoms with Gasteiger partial charge in [0.15, 0.2) is 0 Å². The van der Waals surface area contributed by atoms with Gasteiger partial charge in [-0.25, -0.2) is 9.97 Å². The van der Waals surface area contributed by atoms with E-state index in [1.54, 1.807) is 24.5 Å². The smallest absolute Gasteiger partial charge is 0.259 e. The predicted octanol–water partition coefficient (Wildman–Crippen LogP) is 5.11. The lowest BCUT2D eigenvalue weighted by molar-refractivity contribution is 0.102. The molecule has 3 heterocycles. The topological polar surface area (TPSA) is 79.4 Å². The summed E-state index contributed by atoms with van der Waals surface area (Å²) in [5.74, 6) is 0.939. The van der Waals surface area contributed by atoms with Crippen molar-refractivity contribution < 1.29 is 9.53 Å². The van der Waals surface area contributed by atoms with E-state index >= 15 is 0 Å². The molecule has 7 heteroatoms. The van der Waals surface area contributed by atoms with Gasteiger partial charge in [0.1, 0.15) is 12.4 Å². The number of rotatable bonds is 8. The first-order valence-corrected chi connectivity index (χ1v) is 12.2. The van der Waals surface area contributed by atoms with Crippen LogP contribution in [0.1, 0.15) is 55.1 Å². The van der Waals surface area contributed by atoms with E-state index in [4.69, 9.17) is 4.74 Å². The summed E-state index contributed by atoms with van der Waals surface area (Å²) in [6.07, 6.45) is 5.79. The second-order valence-corrected chi connectivity index (χ2v) is 10.1. The van der Waals surface area contributed by atoms with Crippen LogP contribution >= 0.6 is 0 Å². The molecule has 1 aliphatic rings. The molecular formula is C28H35N5O2. The molecule has 184 valence electrons. The van der Waals surface area contributed by atoms with Crippen molar-refractivity contribution in [1.82, 2.24) is 14.9 Å². The lowest BCUT2D eigenvalue weighted by atomic mass is 9.87. The molecular weight excluding hydrogens is 438 g/mol. The fourth-order valence-corrected chi connectivity index (χ4v) is 4.18. The SMILES string of the molecule is CN1CCCC1COc1cc(CNc2ncccc2C(=O)Nc2ccc(C(C)(C)C)cc2)ccn1. The Balaban J connectivity index is 1.37. The number of nitrogens with zero attached hydrogens (tertiary/aromatic N) is 3. The van der Waals surface area contributed by atoms with Crippen LogP contribution in [0, 0.1) is 0 Å². The van der Waals surface area contributed by atoms with Crippen LogP contribution in [0.5, 0.6) is 5.88 Å². The van der Waals surface area contributed by atoms with Crippen LogP contribution in [0.15, 0.2) is 60.9 Å². The van der Waals surface area contributed by atoms with Gasteiger partial charge in [0, 0.05) is 36.7 Å². The van der Waals surface area contributed by atoms with Crippen LogP contribution in [-0.4, -0.2) is 47.0 Å². The molecule has 1 saturated heterocycles. The van der Waals surface area contributed by atoms with Crippen molar-refractivity contribution >= 4 is 17.4 Å². The van der Waals surface area contributed by atoms with Crippen molar-refractivity contribution in [1.29, 1.82) is 0 Å². The number of ether oxygens (including phenoxy) is 1. The van der Waals surface area contributed by atoms with Gasteiger partial charge in [0.25, 0.3) is 5.91 Å². The van der Waals surface area contributed by atoms with Crippen molar-refractivity contribution in [2.75, 3.05) is 30.8 Å². The van der Waals surface area contributed by atoms with Crippen LogP contribution in [0.25, 0.3) is 0 Å². The Hall–Kier alpha value is -3.45. The molecule has 2 N–H and O–H groups in total. The predicted molar refractivity (Wildman–Crippen MR) is 140 cm³/mol. The summed E-state index contributed by atoms with van der Waals surface area (Å²) in [5, 5.41) is 6.27. The van der Waals surface area contributed by atoms with Gasteiger partial charge in [-0.05, 0) is 73.3 Å². The zero-order valence-electron chi connectivity index (χ0n) is 21.0. The number of benzene rings is 1. The standard InChI is InChI=1S/C28H35N5O2/c1-28(2,3)21-9-11-22(12-10-21)32-27(34)24-8-5-14-30-26(24)31-18-20-13-15-29-25(17-20)35-19-23-7-6-16-33(23)4/h5,8-15,17,23H,6-7,16,18-19H2,1-4H3,(H,30,31)(H,32,34). The summed E-state index contributed by atoms with van der Waals surface area (Å²) < 4.78 is 5.95. The molecule has 1 aliphatic heterocycles. The molecule has 1 atom stereocenters. The largest absolute Gasteiger partial charge is 0.476 e. The lowest BCUT2D eigenvalue weighted by Gasteiger charge is -2.19. The molecule has 0 saturated carbocycles. The van der Waals surface area contributed by atoms with Crippen molar-refractivity contribution in [2.24, 2.45) is 0 Å². The Morgan fingerprint density at radius 1 is 1.11 bits per heavy atom. The van der Waals surface area contributed by atoms with E-state index in [1.807, 2.05) is 36.4 Å². The second kappa shape index (κ2) is 10.9. The molecule has 4 rings (SSSR count). The number of carbonyl (C=O) groups excluding carboxylic acids is 1. The van der Waals surface area contributed by atoms with Gasteiger partial charge in [0.2, 0.25) is 5.88 Å². The zero-order valence-corrected chi connectivity index (χ0v) is 21.0. The molecule has 1 amide bonds. The number of nitrogens with one attached hydrogen (secondary N) is 2. The Morgan fingerprint density at radius 3 is 2.63 bits per heavy atom. The Bertz CT molecular complexity index is 1140. The number of carbonyl (C=O) groups is 1. The Morgan fingerprint density at radius 2 is 1.91 bits per heavy atom. The summed E-state index contributed by atoms with van der Waals surface area (Å²) in [4.78, 5) is 24.1. The highest BCUT2D eigenvalue weighted by Crippen LogP contribution is 2.24. The molecule has 0 bridgehead atoms. The number of likely N-dealkylation sites (N-methyl/N-ethyl adjacent to an activating group) is 1. The number of likely N-dealkylation sites (tertiary alicyclic amines) is 1. The third-order valence-corrected chi connectivity index (χ3v) is 6.42. The van der Waals surface area contributed by atoms with E-state index in [9.17, 15) is 4.79 Å². The van der Waals surface area contributed by atoms with Crippen molar-refractivity contribution in [3.63, 3.8) is 0 Å². The first-order chi connectivity index (χ1) is 16.8. The molecule has 0 aliphatic carbocycles. The highest BCUT2D eigenvalue weighted by Gasteiger charge is 2.21. The Kier molecular flexibility index (Phi) is 7.66. The van der Waals surface area contributed by atoms with Gasteiger partial charge in [0.05, 0.1) is 5.56 Å². The summed E-state index contributed by atoms with van der Waals surface area (Å²) in [6.45, 7) is 8.76. The van der Waals surface area contributed by atoms with Gasteiger partial charge in [-0.2, -0.15) is 0 Å². The first-order valence-electron chi connectivity index (χ1n) is 12.2. The van der Waals surface area contributed by atoms with Crippen LogP contribution < -0.4 is 15.4 Å². The van der Waals surface area contributed by atoms with Crippen LogP contribution in [0.3, 0.4) is 0 Å². The summed E-state index contributed by atoms with van der Waals surface area (Å²) in [7, 11) is 2.14. The second-order valence-electron chi connectivity index (χ2n) is 10.1. The van der Waals surface area contributed by atoms with E-state index in [1.165, 1.54) is 12.0 Å². The van der Waals surface area contributed by atoms with E-state index in [2.05, 4.69) is 53.3 Å². The maximum absolute atomic E-state index is 13.0. The maximum atomic E-state index is 13.0. The number of aromatic nitrogens is 2. The van der Waals surface area contributed by atoms with Gasteiger partial charge in [-0.3, -0.25) is 4.79 Å². The van der Waals surface area contributed by atoms with E-state index in [-0.39, 0.29) is 11.3 Å². The maximum Gasteiger partial charge on any atom is 0.259 e. The molecule has 1 fully saturated rings. The molecule has 35 heavy (non-hydrogen) atoms. The average molecular weight is 474 g/mol. The zero-order chi connectivity index (χ0) is 24.8. The van der Waals surface area contributed by atoms with Gasteiger partial charge in [-0.1, -0.05) is 32.9 Å². The molecule has 0 spiro atoms. The van der Waals surface area contributed by atoms with Crippen molar-refractivity contribution in [3.8, 4) is 5.88 Å². The number of anilines is 2. The highest BCUT2D eigenvalue weighted by molar-refractivity contribution is 6.07. The summed E-state index contributed by atoms with van der Waals surface area (Å²) >= 11 is 0. The molecule has 0 radical (unpaired) electrons. The molecule has 3 aromatic rings. The van der Waals surface area contributed by atoms with Crippen molar-refractivity contribution in [3.05, 3.63) is 77.6 Å². The van der Waals surface area contributed by atoms with Gasteiger partial charge < -0.3 is 20.3 Å². The highest BCUT2D eigenvalue weighted by atomic mass is 16.5. The van der Waals surface area contributed by atoms with Gasteiger partial charge >= 0.3 is 0 Å². The number of hydrogen-bond donors (Lipinski definition) is 2. The van der Waals surface area contributed by atoms with E-state index < -0.39 is 0 Å². The van der Waals surface area contributed by atoms with Gasteiger partial charge in [-0.15, -0.1) is 0 Å². The quantitative estimate of drug-likeness (QED) is 0.473. The van der Waals surface area contributed by atoms with Crippen LogP contribution in [-0.2, 0) is 12.0 Å². The minimum absolute atomic E-state index is 0.0632. The minimum Gasteiger partial charge on any atom is -0.476 e. The first kappa shape index (κ1) is 24.7. The normalized spacial score (nSPS) is 16.2. The average Bonchev–Trinajstić information content (AvgIpc) is 3.26. The van der Waals surface area contributed by atoms with E-state index in [0.29, 0.717) is 36.5 Å². The molecule has 7 nitrogen and oxygen atoms in total. The number of pyridine rings is 2. The molecule has 1 aromatic carbocycles. The minimum atomic E-state index is -0.205. The summed E-state index contributed by atoms with van der Waals surface area (Å²) in [5.41, 5.74) is 3.52. The monoisotopic (exact) mass is 473 g/mol. The number of hydrogen-bond acceptors (Lipinski definition) is 6. The summed E-state index contributed by atoms with van der Waals surface area (Å²) in [6, 6.07) is 15.8. The molecule has 2 aromatic heterocycles. The van der Waals surface area contributed by atoms with Crippen molar-refractivity contribution in [2.45, 2.75) is 51.6 Å². The fourth-order valence-electron chi connectivity index (χ4n) is 4.18. The number of amides is 1. The molecule has 1 unspecified atom stereocenters. The third kappa shape index (κ3) is 6.57. The third-order valence-electron chi connectivity index (χ3n) is 6.42. The Labute approximate surface area is 207 Å². The van der Waals surface area contributed by atoms with Crippen LogP contribution in [0.2, 0.25) is 0 Å². The lowest BCUT2D eigenvalue weighted by Crippen LogP contribution is -2.30. The fraction of sp³-hybridized carbons (Fsp3) is 0.393.